The maximum atomic E-state index is 13.3. The van der Waals surface area contributed by atoms with Crippen molar-refractivity contribution in [2.75, 3.05) is 14.2 Å². The van der Waals surface area contributed by atoms with Crippen LogP contribution in [0.1, 0.15) is 15.9 Å². The van der Waals surface area contributed by atoms with Gasteiger partial charge in [0, 0.05) is 30.9 Å². The lowest BCUT2D eigenvalue weighted by atomic mass is 10.1. The van der Waals surface area contributed by atoms with Crippen LogP contribution in [0.15, 0.2) is 30.6 Å². The zero-order chi connectivity index (χ0) is 13.8. The molecule has 0 radical (unpaired) electrons. The van der Waals surface area contributed by atoms with Gasteiger partial charge in [-0.15, -0.1) is 0 Å². The van der Waals surface area contributed by atoms with Gasteiger partial charge in [0.1, 0.15) is 0 Å². The minimum atomic E-state index is -0.489. The van der Waals surface area contributed by atoms with E-state index in [-0.39, 0.29) is 11.7 Å². The Bertz CT molecular complexity index is 569. The molecule has 19 heavy (non-hydrogen) atoms. The summed E-state index contributed by atoms with van der Waals surface area (Å²) in [5.74, 6) is -0.640. The Hall–Kier alpha value is -2.37. The number of aromatic amines is 1. The SMILES string of the molecule is COc1cc(C(=O)N(C)Cc2cn[nH]c2)ccc1F. The highest BCUT2D eigenvalue weighted by atomic mass is 19.1. The predicted octanol–water partition coefficient (Wildman–Crippen LogP) is 1.83. The molecule has 0 saturated carbocycles. The fourth-order valence-electron chi connectivity index (χ4n) is 1.72. The molecule has 2 aromatic rings. The van der Waals surface area contributed by atoms with Crippen molar-refractivity contribution >= 4 is 5.91 Å². The fourth-order valence-corrected chi connectivity index (χ4v) is 1.72. The van der Waals surface area contributed by atoms with E-state index in [1.54, 1.807) is 19.4 Å². The zero-order valence-electron chi connectivity index (χ0n) is 10.7. The van der Waals surface area contributed by atoms with Gasteiger partial charge in [0.15, 0.2) is 11.6 Å². The highest BCUT2D eigenvalue weighted by Crippen LogP contribution is 2.19. The molecule has 6 heteroatoms. The van der Waals surface area contributed by atoms with Crippen LogP contribution in [0.2, 0.25) is 0 Å². The molecule has 5 nitrogen and oxygen atoms in total. The number of halogens is 1. The number of nitrogens with zero attached hydrogens (tertiary/aromatic N) is 2. The van der Waals surface area contributed by atoms with Crippen LogP contribution in [0.3, 0.4) is 0 Å². The highest BCUT2D eigenvalue weighted by Gasteiger charge is 2.14. The lowest BCUT2D eigenvalue weighted by Gasteiger charge is -2.16. The second-order valence-electron chi connectivity index (χ2n) is 4.12. The fraction of sp³-hybridized carbons (Fsp3) is 0.231. The number of carbonyl (C=O) groups is 1. The lowest BCUT2D eigenvalue weighted by molar-refractivity contribution is 0.0784. The van der Waals surface area contributed by atoms with Gasteiger partial charge in [-0.2, -0.15) is 5.10 Å². The molecular formula is C13H14FN3O2. The van der Waals surface area contributed by atoms with E-state index in [1.807, 2.05) is 0 Å². The molecule has 0 saturated heterocycles. The topological polar surface area (TPSA) is 58.2 Å². The van der Waals surface area contributed by atoms with Crippen molar-refractivity contribution in [3.8, 4) is 5.75 Å². The molecular weight excluding hydrogens is 249 g/mol. The molecule has 1 aromatic heterocycles. The number of ether oxygens (including phenoxy) is 1. The van der Waals surface area contributed by atoms with Crippen LogP contribution in [0.4, 0.5) is 4.39 Å². The predicted molar refractivity (Wildman–Crippen MR) is 67.3 cm³/mol. The monoisotopic (exact) mass is 263 g/mol. The molecule has 0 aliphatic carbocycles. The summed E-state index contributed by atoms with van der Waals surface area (Å²) >= 11 is 0. The Labute approximate surface area is 110 Å². The molecule has 0 aliphatic rings. The number of hydrogen-bond acceptors (Lipinski definition) is 3. The molecule has 1 amide bonds. The van der Waals surface area contributed by atoms with E-state index in [0.717, 1.165) is 5.56 Å². The Kier molecular flexibility index (Phi) is 3.79. The molecule has 1 aromatic carbocycles. The van der Waals surface area contributed by atoms with Gasteiger partial charge in [-0.25, -0.2) is 4.39 Å². The number of carbonyl (C=O) groups excluding carboxylic acids is 1. The minimum Gasteiger partial charge on any atom is -0.494 e. The Morgan fingerprint density at radius 1 is 1.53 bits per heavy atom. The average Bonchev–Trinajstić information content (AvgIpc) is 2.91. The number of benzene rings is 1. The van der Waals surface area contributed by atoms with Crippen molar-refractivity contribution in [1.82, 2.24) is 15.1 Å². The standard InChI is InChI=1S/C13H14FN3O2/c1-17(8-9-6-15-16-7-9)13(18)10-3-4-11(14)12(5-10)19-2/h3-7H,8H2,1-2H3,(H,15,16). The van der Waals surface area contributed by atoms with Crippen molar-refractivity contribution < 1.29 is 13.9 Å². The second kappa shape index (κ2) is 5.51. The van der Waals surface area contributed by atoms with Crippen LogP contribution in [-0.2, 0) is 6.54 Å². The van der Waals surface area contributed by atoms with E-state index < -0.39 is 5.82 Å². The maximum Gasteiger partial charge on any atom is 0.254 e. The van der Waals surface area contributed by atoms with Gasteiger partial charge >= 0.3 is 0 Å². The van der Waals surface area contributed by atoms with Gasteiger partial charge in [0.25, 0.3) is 5.91 Å². The van der Waals surface area contributed by atoms with Crippen LogP contribution in [0, 0.1) is 5.82 Å². The maximum absolute atomic E-state index is 13.3. The number of H-pyrrole nitrogens is 1. The van der Waals surface area contributed by atoms with Gasteiger partial charge in [-0.05, 0) is 18.2 Å². The van der Waals surface area contributed by atoms with Crippen LogP contribution in [0.5, 0.6) is 5.75 Å². The number of rotatable bonds is 4. The molecule has 2 rings (SSSR count). The Morgan fingerprint density at radius 3 is 2.95 bits per heavy atom. The van der Waals surface area contributed by atoms with E-state index in [0.29, 0.717) is 12.1 Å². The first-order valence-electron chi connectivity index (χ1n) is 5.68. The number of nitrogens with one attached hydrogen (secondary N) is 1. The van der Waals surface area contributed by atoms with E-state index in [9.17, 15) is 9.18 Å². The van der Waals surface area contributed by atoms with Crippen molar-refractivity contribution in [1.29, 1.82) is 0 Å². The number of hydrogen-bond donors (Lipinski definition) is 1. The molecule has 1 heterocycles. The van der Waals surface area contributed by atoms with Gasteiger partial charge in [-0.1, -0.05) is 0 Å². The van der Waals surface area contributed by atoms with Crippen molar-refractivity contribution in [2.45, 2.75) is 6.54 Å². The van der Waals surface area contributed by atoms with E-state index >= 15 is 0 Å². The van der Waals surface area contributed by atoms with Crippen LogP contribution >= 0.6 is 0 Å². The molecule has 0 fully saturated rings. The molecule has 0 unspecified atom stereocenters. The summed E-state index contributed by atoms with van der Waals surface area (Å²) in [5.41, 5.74) is 1.27. The first-order chi connectivity index (χ1) is 9.11. The largest absolute Gasteiger partial charge is 0.494 e. The summed E-state index contributed by atoms with van der Waals surface area (Å²) in [6, 6.07) is 4.05. The molecule has 0 atom stereocenters. The van der Waals surface area contributed by atoms with Gasteiger partial charge in [-0.3, -0.25) is 9.89 Å². The number of methoxy groups -OCH3 is 1. The van der Waals surface area contributed by atoms with E-state index in [1.165, 1.54) is 30.2 Å². The van der Waals surface area contributed by atoms with E-state index in [4.69, 9.17) is 4.74 Å². The second-order valence-corrected chi connectivity index (χ2v) is 4.12. The smallest absolute Gasteiger partial charge is 0.254 e. The summed E-state index contributed by atoms with van der Waals surface area (Å²) in [4.78, 5) is 13.7. The Balaban J connectivity index is 2.14. The first-order valence-corrected chi connectivity index (χ1v) is 5.68. The van der Waals surface area contributed by atoms with Gasteiger partial charge in [0.05, 0.1) is 13.3 Å². The van der Waals surface area contributed by atoms with Crippen LogP contribution < -0.4 is 4.74 Å². The minimum absolute atomic E-state index is 0.0579. The van der Waals surface area contributed by atoms with Crippen molar-refractivity contribution in [3.63, 3.8) is 0 Å². The molecule has 1 N–H and O–H groups in total. The molecule has 0 bridgehead atoms. The number of aromatic nitrogens is 2. The van der Waals surface area contributed by atoms with E-state index in [2.05, 4.69) is 10.2 Å². The third kappa shape index (κ3) is 2.90. The zero-order valence-corrected chi connectivity index (χ0v) is 10.7. The third-order valence-electron chi connectivity index (χ3n) is 2.72. The Morgan fingerprint density at radius 2 is 2.32 bits per heavy atom. The molecule has 100 valence electrons. The summed E-state index contributed by atoms with van der Waals surface area (Å²) in [5, 5.41) is 6.50. The molecule has 0 spiro atoms. The summed E-state index contributed by atoms with van der Waals surface area (Å²) in [6.45, 7) is 0.426. The van der Waals surface area contributed by atoms with Crippen molar-refractivity contribution in [3.05, 3.63) is 47.5 Å². The van der Waals surface area contributed by atoms with Crippen LogP contribution in [-0.4, -0.2) is 35.2 Å². The summed E-state index contributed by atoms with van der Waals surface area (Å²) in [6.07, 6.45) is 3.37. The van der Waals surface area contributed by atoms with Crippen molar-refractivity contribution in [2.24, 2.45) is 0 Å². The highest BCUT2D eigenvalue weighted by molar-refractivity contribution is 5.94. The van der Waals surface area contributed by atoms with Gasteiger partial charge < -0.3 is 9.64 Å². The number of amides is 1. The molecule has 0 aliphatic heterocycles. The quantitative estimate of drug-likeness (QED) is 0.915. The lowest BCUT2D eigenvalue weighted by Crippen LogP contribution is -2.26. The first kappa shape index (κ1) is 13.1. The average molecular weight is 263 g/mol. The summed E-state index contributed by atoms with van der Waals surface area (Å²) < 4.78 is 18.1. The van der Waals surface area contributed by atoms with Gasteiger partial charge in [0.2, 0.25) is 0 Å². The third-order valence-corrected chi connectivity index (χ3v) is 2.72. The normalized spacial score (nSPS) is 10.3. The summed E-state index contributed by atoms with van der Waals surface area (Å²) in [7, 11) is 3.03. The van der Waals surface area contributed by atoms with Crippen LogP contribution in [0.25, 0.3) is 0 Å².